The number of hydrogen-bond donors (Lipinski definition) is 0. The molecule has 1 unspecified atom stereocenters. The number of halogens is 2. The molecule has 0 aliphatic carbocycles. The molecule has 3 rings (SSSR count). The van der Waals surface area contributed by atoms with Crippen molar-refractivity contribution in [3.05, 3.63) is 54.1 Å². The molecule has 3 aromatic rings. The van der Waals surface area contributed by atoms with Crippen LogP contribution in [0.3, 0.4) is 0 Å². The van der Waals surface area contributed by atoms with Gasteiger partial charge in [0.15, 0.2) is 5.82 Å². The van der Waals surface area contributed by atoms with E-state index in [0.29, 0.717) is 23.4 Å². The molecular weight excluding hydrogens is 279 g/mol. The van der Waals surface area contributed by atoms with Crippen LogP contribution in [0.5, 0.6) is 0 Å². The summed E-state index contributed by atoms with van der Waals surface area (Å²) >= 11 is 6.16. The van der Waals surface area contributed by atoms with E-state index in [9.17, 15) is 4.39 Å². The van der Waals surface area contributed by atoms with Crippen LogP contribution in [0.15, 0.2) is 36.8 Å². The molecule has 20 heavy (non-hydrogen) atoms. The van der Waals surface area contributed by atoms with E-state index in [1.807, 2.05) is 23.6 Å². The van der Waals surface area contributed by atoms with Gasteiger partial charge >= 0.3 is 0 Å². The molecular formula is C14H12ClFN4. The normalized spacial score (nSPS) is 12.8. The van der Waals surface area contributed by atoms with Crippen molar-refractivity contribution in [1.29, 1.82) is 0 Å². The van der Waals surface area contributed by atoms with Crippen molar-refractivity contribution < 1.29 is 4.39 Å². The number of aromatic nitrogens is 4. The van der Waals surface area contributed by atoms with Gasteiger partial charge in [0.1, 0.15) is 17.7 Å². The molecule has 0 fully saturated rings. The summed E-state index contributed by atoms with van der Waals surface area (Å²) in [6, 6.07) is 6.70. The second-order valence-corrected chi connectivity index (χ2v) is 5.14. The predicted octanol–water partition coefficient (Wildman–Crippen LogP) is 3.31. The molecule has 2 aromatic heterocycles. The maximum absolute atomic E-state index is 13.8. The van der Waals surface area contributed by atoms with Gasteiger partial charge in [-0.15, -0.1) is 11.6 Å². The zero-order valence-electron chi connectivity index (χ0n) is 10.8. The molecule has 1 aromatic carbocycles. The molecule has 6 heteroatoms. The van der Waals surface area contributed by atoms with Gasteiger partial charge in [0.2, 0.25) is 0 Å². The highest BCUT2D eigenvalue weighted by Gasteiger charge is 2.17. The Morgan fingerprint density at radius 2 is 2.20 bits per heavy atom. The topological polar surface area (TPSA) is 43.6 Å². The number of rotatable bonds is 3. The van der Waals surface area contributed by atoms with Gasteiger partial charge in [-0.25, -0.2) is 19.3 Å². The van der Waals surface area contributed by atoms with Gasteiger partial charge in [0.05, 0.1) is 23.1 Å². The average molecular weight is 291 g/mol. The van der Waals surface area contributed by atoms with Crippen LogP contribution in [0.25, 0.3) is 11.0 Å². The second-order valence-electron chi connectivity index (χ2n) is 4.48. The van der Waals surface area contributed by atoms with Crippen LogP contribution < -0.4 is 0 Å². The third-order valence-corrected chi connectivity index (χ3v) is 3.27. The van der Waals surface area contributed by atoms with Crippen LogP contribution in [0.4, 0.5) is 4.39 Å². The molecule has 0 saturated carbocycles. The van der Waals surface area contributed by atoms with Crippen molar-refractivity contribution in [2.24, 2.45) is 0 Å². The lowest BCUT2D eigenvalue weighted by atomic mass is 10.3. The second kappa shape index (κ2) is 5.17. The van der Waals surface area contributed by atoms with Gasteiger partial charge in [-0.1, -0.05) is 6.07 Å². The van der Waals surface area contributed by atoms with E-state index in [4.69, 9.17) is 11.6 Å². The molecule has 1 atom stereocenters. The highest BCUT2D eigenvalue weighted by atomic mass is 35.5. The maximum Gasteiger partial charge on any atom is 0.151 e. The number of fused-ring (bicyclic) bond motifs is 1. The van der Waals surface area contributed by atoms with E-state index in [1.165, 1.54) is 12.4 Å². The van der Waals surface area contributed by atoms with Crippen LogP contribution in [0.1, 0.15) is 23.8 Å². The number of para-hydroxylation sites is 1. The third-order valence-electron chi connectivity index (χ3n) is 3.08. The van der Waals surface area contributed by atoms with E-state index < -0.39 is 0 Å². The van der Waals surface area contributed by atoms with Crippen LogP contribution in [0, 0.1) is 5.82 Å². The zero-order valence-corrected chi connectivity index (χ0v) is 11.5. The molecule has 0 saturated heterocycles. The van der Waals surface area contributed by atoms with E-state index in [2.05, 4.69) is 15.0 Å². The van der Waals surface area contributed by atoms with Crippen molar-refractivity contribution in [2.45, 2.75) is 18.8 Å². The van der Waals surface area contributed by atoms with Crippen molar-refractivity contribution in [3.63, 3.8) is 0 Å². The Morgan fingerprint density at radius 3 is 2.90 bits per heavy atom. The third kappa shape index (κ3) is 2.25. The van der Waals surface area contributed by atoms with Crippen LogP contribution >= 0.6 is 11.6 Å². The molecule has 0 aliphatic rings. The SMILES string of the molecule is CC(Cl)c1nc2c(F)cccc2n1Cc1ccncn1. The summed E-state index contributed by atoms with van der Waals surface area (Å²) in [6.45, 7) is 2.30. The summed E-state index contributed by atoms with van der Waals surface area (Å²) in [6.07, 6.45) is 3.16. The molecule has 102 valence electrons. The first-order valence-corrected chi connectivity index (χ1v) is 6.64. The van der Waals surface area contributed by atoms with E-state index in [-0.39, 0.29) is 11.2 Å². The summed E-state index contributed by atoms with van der Waals surface area (Å²) in [5, 5.41) is -0.316. The lowest BCUT2D eigenvalue weighted by Crippen LogP contribution is -2.07. The Kier molecular flexibility index (Phi) is 3.36. The molecule has 0 amide bonds. The Morgan fingerprint density at radius 1 is 1.35 bits per heavy atom. The summed E-state index contributed by atoms with van der Waals surface area (Å²) in [4.78, 5) is 12.4. The van der Waals surface area contributed by atoms with Gasteiger partial charge in [-0.05, 0) is 25.1 Å². The van der Waals surface area contributed by atoms with Gasteiger partial charge in [-0.3, -0.25) is 0 Å². The Balaban J connectivity index is 2.17. The first-order chi connectivity index (χ1) is 9.66. The summed E-state index contributed by atoms with van der Waals surface area (Å²) < 4.78 is 15.7. The first-order valence-electron chi connectivity index (χ1n) is 6.20. The summed E-state index contributed by atoms with van der Waals surface area (Å²) in [7, 11) is 0. The fourth-order valence-corrected chi connectivity index (χ4v) is 2.34. The molecule has 4 nitrogen and oxygen atoms in total. The minimum Gasteiger partial charge on any atom is -0.321 e. The van der Waals surface area contributed by atoms with E-state index in [0.717, 1.165) is 5.69 Å². The fourth-order valence-electron chi connectivity index (χ4n) is 2.17. The van der Waals surface area contributed by atoms with Crippen molar-refractivity contribution in [1.82, 2.24) is 19.5 Å². The van der Waals surface area contributed by atoms with Gasteiger partial charge in [-0.2, -0.15) is 0 Å². The van der Waals surface area contributed by atoms with Gasteiger partial charge in [0, 0.05) is 6.20 Å². The number of alkyl halides is 1. The Bertz CT molecular complexity index is 740. The fraction of sp³-hybridized carbons (Fsp3) is 0.214. The van der Waals surface area contributed by atoms with Gasteiger partial charge in [0.25, 0.3) is 0 Å². The van der Waals surface area contributed by atoms with Crippen molar-refractivity contribution >= 4 is 22.6 Å². The summed E-state index contributed by atoms with van der Waals surface area (Å²) in [5.41, 5.74) is 1.87. The quantitative estimate of drug-likeness (QED) is 0.695. The van der Waals surface area contributed by atoms with Crippen LogP contribution in [-0.4, -0.2) is 19.5 Å². The zero-order chi connectivity index (χ0) is 14.1. The molecule has 0 spiro atoms. The van der Waals surface area contributed by atoms with E-state index in [1.54, 1.807) is 12.3 Å². The van der Waals surface area contributed by atoms with Gasteiger partial charge < -0.3 is 4.57 Å². The minimum absolute atomic E-state index is 0.316. The molecule has 0 bridgehead atoms. The van der Waals surface area contributed by atoms with Crippen LogP contribution in [0.2, 0.25) is 0 Å². The monoisotopic (exact) mass is 290 g/mol. The number of hydrogen-bond acceptors (Lipinski definition) is 3. The van der Waals surface area contributed by atoms with Crippen molar-refractivity contribution in [2.75, 3.05) is 0 Å². The largest absolute Gasteiger partial charge is 0.321 e. The van der Waals surface area contributed by atoms with E-state index >= 15 is 0 Å². The molecule has 0 N–H and O–H groups in total. The molecule has 0 radical (unpaired) electrons. The Labute approximate surface area is 120 Å². The standard InChI is InChI=1S/C14H12ClFN4/c1-9(15)14-19-13-11(16)3-2-4-12(13)20(14)7-10-5-6-17-8-18-10/h2-6,8-9H,7H2,1H3. The number of benzene rings is 1. The number of imidazole rings is 1. The van der Waals surface area contributed by atoms with Crippen LogP contribution in [-0.2, 0) is 6.54 Å². The smallest absolute Gasteiger partial charge is 0.151 e. The highest BCUT2D eigenvalue weighted by Crippen LogP contribution is 2.26. The lowest BCUT2D eigenvalue weighted by molar-refractivity contribution is 0.637. The predicted molar refractivity (Wildman–Crippen MR) is 75.1 cm³/mol. The first kappa shape index (κ1) is 13.0. The lowest BCUT2D eigenvalue weighted by Gasteiger charge is -2.09. The summed E-state index contributed by atoms with van der Waals surface area (Å²) in [5.74, 6) is 0.285. The highest BCUT2D eigenvalue weighted by molar-refractivity contribution is 6.20. The number of nitrogens with zero attached hydrogens (tertiary/aromatic N) is 4. The molecule has 2 heterocycles. The Hall–Kier alpha value is -2.01. The molecule has 0 aliphatic heterocycles. The minimum atomic E-state index is -0.345. The average Bonchev–Trinajstić information content (AvgIpc) is 2.81. The van der Waals surface area contributed by atoms with Crippen molar-refractivity contribution in [3.8, 4) is 0 Å². The maximum atomic E-state index is 13.8.